The molecule has 0 aromatic heterocycles. The van der Waals surface area contributed by atoms with E-state index in [0.717, 1.165) is 11.1 Å². The number of methoxy groups -OCH3 is 2. The van der Waals surface area contributed by atoms with Crippen LogP contribution >= 0.6 is 0 Å². The van der Waals surface area contributed by atoms with Crippen molar-refractivity contribution in [2.24, 2.45) is 9.98 Å². The molecule has 1 aliphatic rings. The Kier molecular flexibility index (Phi) is 6.28. The number of phenolic OH excluding ortho intramolecular Hbond substituents is 2. The Morgan fingerprint density at radius 1 is 0.694 bits per heavy atom. The molecule has 0 amide bonds. The molecule has 1 aliphatic heterocycles. The Morgan fingerprint density at radius 3 is 1.86 bits per heavy atom. The van der Waals surface area contributed by atoms with Crippen LogP contribution in [0.2, 0.25) is 0 Å². The lowest BCUT2D eigenvalue weighted by Gasteiger charge is -2.36. The first-order valence-corrected chi connectivity index (χ1v) is 11.4. The van der Waals surface area contributed by atoms with Crippen molar-refractivity contribution >= 4 is 17.4 Å². The first-order chi connectivity index (χ1) is 17.6. The van der Waals surface area contributed by atoms with Gasteiger partial charge in [0.05, 0.1) is 19.9 Å². The van der Waals surface area contributed by atoms with Gasteiger partial charge < -0.3 is 19.7 Å². The van der Waals surface area contributed by atoms with E-state index in [1.54, 1.807) is 50.6 Å². The predicted molar refractivity (Wildman–Crippen MR) is 140 cm³/mol. The number of hydrogen-bond acceptors (Lipinski definition) is 7. The predicted octanol–water partition coefficient (Wildman–Crippen LogP) is 5.53. The van der Waals surface area contributed by atoms with Crippen LogP contribution in [0.25, 0.3) is 0 Å². The van der Waals surface area contributed by atoms with Gasteiger partial charge >= 0.3 is 0 Å². The summed E-state index contributed by atoms with van der Waals surface area (Å²) in [6.45, 7) is 0. The molecular formula is C29H25N3O4. The maximum atomic E-state index is 11.0. The van der Waals surface area contributed by atoms with Crippen LogP contribution in [0.15, 0.2) is 107 Å². The molecule has 1 heterocycles. The maximum absolute atomic E-state index is 11.0. The molecule has 0 aliphatic carbocycles. The minimum atomic E-state index is -0.738. The normalized spacial score (nSPS) is 15.2. The molecule has 0 bridgehead atoms. The number of ether oxygens (including phenoxy) is 2. The van der Waals surface area contributed by atoms with Crippen LogP contribution < -0.4 is 14.4 Å². The molecule has 5 rings (SSSR count). The third kappa shape index (κ3) is 4.34. The number of hydrogen-bond donors (Lipinski definition) is 2. The number of benzene rings is 4. The van der Waals surface area contributed by atoms with Crippen LogP contribution in [-0.2, 0) is 0 Å². The average Bonchev–Trinajstić information content (AvgIpc) is 2.93. The lowest BCUT2D eigenvalue weighted by atomic mass is 10.0. The summed E-state index contributed by atoms with van der Waals surface area (Å²) >= 11 is 0. The van der Waals surface area contributed by atoms with Gasteiger partial charge in [-0.2, -0.15) is 0 Å². The van der Waals surface area contributed by atoms with Crippen molar-refractivity contribution in [1.29, 1.82) is 0 Å². The van der Waals surface area contributed by atoms with Gasteiger partial charge in [0, 0.05) is 28.8 Å². The summed E-state index contributed by atoms with van der Waals surface area (Å²) < 4.78 is 10.6. The molecule has 0 radical (unpaired) electrons. The Balaban J connectivity index is 1.77. The van der Waals surface area contributed by atoms with E-state index in [9.17, 15) is 10.2 Å². The molecule has 0 saturated heterocycles. The van der Waals surface area contributed by atoms with Crippen LogP contribution in [0, 0.1) is 0 Å². The highest BCUT2D eigenvalue weighted by Gasteiger charge is 2.34. The Bertz CT molecular complexity index is 1440. The van der Waals surface area contributed by atoms with E-state index in [-0.39, 0.29) is 11.5 Å². The molecule has 1 atom stereocenters. The Hall–Kier alpha value is -4.78. The third-order valence-electron chi connectivity index (χ3n) is 5.95. The van der Waals surface area contributed by atoms with Crippen molar-refractivity contribution in [3.63, 3.8) is 0 Å². The molecule has 7 nitrogen and oxygen atoms in total. The first-order valence-electron chi connectivity index (χ1n) is 11.4. The zero-order valence-corrected chi connectivity index (χ0v) is 19.9. The van der Waals surface area contributed by atoms with E-state index in [1.807, 2.05) is 65.6 Å². The highest BCUT2D eigenvalue weighted by molar-refractivity contribution is 6.19. The zero-order valence-electron chi connectivity index (χ0n) is 19.9. The van der Waals surface area contributed by atoms with Crippen LogP contribution in [0.5, 0.6) is 23.0 Å². The van der Waals surface area contributed by atoms with Gasteiger partial charge in [0.15, 0.2) is 12.0 Å². The fraction of sp³-hybridized carbons (Fsp3) is 0.103. The number of phenols is 2. The number of nitrogens with zero attached hydrogens (tertiary/aromatic N) is 3. The van der Waals surface area contributed by atoms with Gasteiger partial charge in [0.25, 0.3) is 0 Å². The van der Waals surface area contributed by atoms with Crippen LogP contribution in [0.1, 0.15) is 22.9 Å². The van der Waals surface area contributed by atoms with Crippen molar-refractivity contribution in [2.75, 3.05) is 19.1 Å². The first kappa shape index (κ1) is 23.0. The second-order valence-electron chi connectivity index (χ2n) is 8.14. The largest absolute Gasteiger partial charge is 0.507 e. The fourth-order valence-corrected chi connectivity index (χ4v) is 4.15. The van der Waals surface area contributed by atoms with E-state index in [2.05, 4.69) is 0 Å². The number of aliphatic imine (C=N–C) groups is 2. The molecule has 2 N–H and O–H groups in total. The molecule has 0 saturated carbocycles. The minimum absolute atomic E-state index is 0.00524. The maximum Gasteiger partial charge on any atom is 0.159 e. The van der Waals surface area contributed by atoms with Crippen molar-refractivity contribution in [3.8, 4) is 23.0 Å². The zero-order chi connectivity index (χ0) is 25.1. The van der Waals surface area contributed by atoms with E-state index < -0.39 is 6.17 Å². The van der Waals surface area contributed by atoms with Gasteiger partial charge in [-0.05, 0) is 24.3 Å². The highest BCUT2D eigenvalue weighted by atomic mass is 16.5. The van der Waals surface area contributed by atoms with Crippen LogP contribution in [0.3, 0.4) is 0 Å². The molecule has 1 unspecified atom stereocenters. The second kappa shape index (κ2) is 9.84. The van der Waals surface area contributed by atoms with Gasteiger partial charge in [-0.3, -0.25) is 4.90 Å². The monoisotopic (exact) mass is 479 g/mol. The van der Waals surface area contributed by atoms with Gasteiger partial charge in [-0.15, -0.1) is 0 Å². The molecule has 0 fully saturated rings. The number of anilines is 1. The summed E-state index contributed by atoms with van der Waals surface area (Å²) in [5, 5.41) is 22.0. The van der Waals surface area contributed by atoms with E-state index in [0.29, 0.717) is 34.4 Å². The van der Waals surface area contributed by atoms with Gasteiger partial charge in [-0.1, -0.05) is 60.7 Å². The van der Waals surface area contributed by atoms with Crippen LogP contribution in [0.4, 0.5) is 5.69 Å². The molecular weight excluding hydrogens is 454 g/mol. The number of rotatable bonds is 6. The highest BCUT2D eigenvalue weighted by Crippen LogP contribution is 2.42. The summed E-state index contributed by atoms with van der Waals surface area (Å²) in [7, 11) is 3.09. The summed E-state index contributed by atoms with van der Waals surface area (Å²) in [5.41, 5.74) is 2.66. The molecule has 4 aromatic rings. The molecule has 7 heteroatoms. The van der Waals surface area contributed by atoms with Crippen molar-refractivity contribution in [2.45, 2.75) is 6.17 Å². The summed E-state index contributed by atoms with van der Waals surface area (Å²) in [5.74, 6) is 2.14. The smallest absolute Gasteiger partial charge is 0.159 e. The lowest BCUT2D eigenvalue weighted by molar-refractivity contribution is 0.404. The Morgan fingerprint density at radius 2 is 1.28 bits per heavy atom. The number of aromatic hydroxyl groups is 2. The fourth-order valence-electron chi connectivity index (χ4n) is 4.15. The summed E-state index contributed by atoms with van der Waals surface area (Å²) in [4.78, 5) is 11.7. The lowest BCUT2D eigenvalue weighted by Crippen LogP contribution is -2.39. The van der Waals surface area contributed by atoms with Crippen molar-refractivity contribution < 1.29 is 19.7 Å². The van der Waals surface area contributed by atoms with Crippen molar-refractivity contribution in [1.82, 2.24) is 0 Å². The average molecular weight is 480 g/mol. The molecule has 4 aromatic carbocycles. The standard InChI is InChI=1S/C29H25N3O4/c1-35-21-13-15-23(25(33)17-21)29-31-27(19-9-5-3-6-10-19)30-28(20-11-7-4-8-12-20)32(29)24-16-14-22(36-2)18-26(24)34/h3-18,29,33-34H,1-2H3. The van der Waals surface area contributed by atoms with Gasteiger partial charge in [0.2, 0.25) is 0 Å². The summed E-state index contributed by atoms with van der Waals surface area (Å²) in [6.07, 6.45) is -0.738. The van der Waals surface area contributed by atoms with E-state index in [1.165, 1.54) is 0 Å². The van der Waals surface area contributed by atoms with E-state index in [4.69, 9.17) is 19.5 Å². The molecule has 180 valence electrons. The van der Waals surface area contributed by atoms with Crippen LogP contribution in [-0.4, -0.2) is 36.1 Å². The third-order valence-corrected chi connectivity index (χ3v) is 5.95. The Labute approximate surface area is 209 Å². The quantitative estimate of drug-likeness (QED) is 0.380. The minimum Gasteiger partial charge on any atom is -0.507 e. The SMILES string of the molecule is COc1ccc(C2N=C(c3ccccc3)N=C(c3ccccc3)N2c2ccc(OC)cc2O)c(O)c1. The molecule has 36 heavy (non-hydrogen) atoms. The van der Waals surface area contributed by atoms with Gasteiger partial charge in [-0.25, -0.2) is 9.98 Å². The van der Waals surface area contributed by atoms with Gasteiger partial charge in [0.1, 0.15) is 28.8 Å². The van der Waals surface area contributed by atoms with E-state index >= 15 is 0 Å². The van der Waals surface area contributed by atoms with Crippen molar-refractivity contribution in [3.05, 3.63) is 114 Å². The molecule has 0 spiro atoms. The number of amidine groups is 2. The topological polar surface area (TPSA) is 86.9 Å². The second-order valence-corrected chi connectivity index (χ2v) is 8.14. The summed E-state index contributed by atoms with van der Waals surface area (Å²) in [6, 6.07) is 29.5.